The third-order valence-corrected chi connectivity index (χ3v) is 5.90. The Morgan fingerprint density at radius 3 is 2.90 bits per heavy atom. The summed E-state index contributed by atoms with van der Waals surface area (Å²) in [5.41, 5.74) is 4.27. The Bertz CT molecular complexity index is 1240. The lowest BCUT2D eigenvalue weighted by Crippen LogP contribution is -2.34. The number of fused-ring (bicyclic) bond motifs is 3. The summed E-state index contributed by atoms with van der Waals surface area (Å²) in [5.74, 6) is 0.701. The minimum absolute atomic E-state index is 0.267. The van der Waals surface area contributed by atoms with E-state index in [-0.39, 0.29) is 6.04 Å². The van der Waals surface area contributed by atoms with E-state index in [2.05, 4.69) is 30.5 Å². The van der Waals surface area contributed by atoms with Crippen LogP contribution in [-0.2, 0) is 6.54 Å². The minimum atomic E-state index is -0.648. The lowest BCUT2D eigenvalue weighted by Gasteiger charge is -2.34. The second-order valence-electron chi connectivity index (χ2n) is 7.92. The molecule has 0 bridgehead atoms. The molecule has 1 saturated heterocycles. The maximum Gasteiger partial charge on any atom is 0.140 e. The van der Waals surface area contributed by atoms with Crippen molar-refractivity contribution in [1.29, 1.82) is 5.26 Å². The van der Waals surface area contributed by atoms with Gasteiger partial charge in [0.2, 0.25) is 0 Å². The molecule has 1 fully saturated rings. The fourth-order valence-corrected chi connectivity index (χ4v) is 4.50. The highest BCUT2D eigenvalue weighted by molar-refractivity contribution is 6.01. The third-order valence-electron chi connectivity index (χ3n) is 5.90. The Balaban J connectivity index is 1.42. The number of hydrogen-bond acceptors (Lipinski definition) is 6. The quantitative estimate of drug-likeness (QED) is 0.544. The lowest BCUT2D eigenvalue weighted by atomic mass is 10.0. The van der Waals surface area contributed by atoms with Crippen molar-refractivity contribution in [2.75, 3.05) is 13.1 Å². The number of likely N-dealkylation sites (tertiary alicyclic amines) is 1. The van der Waals surface area contributed by atoms with Gasteiger partial charge in [0.1, 0.15) is 34.9 Å². The van der Waals surface area contributed by atoms with Crippen LogP contribution in [0.2, 0.25) is 0 Å². The number of imidazole rings is 1. The summed E-state index contributed by atoms with van der Waals surface area (Å²) in [6.07, 6.45) is 6.66. The molecule has 0 amide bonds. The Morgan fingerprint density at radius 1 is 1.30 bits per heavy atom. The number of aromatic amines is 1. The van der Waals surface area contributed by atoms with E-state index < -0.39 is 6.10 Å². The van der Waals surface area contributed by atoms with Gasteiger partial charge in [0.25, 0.3) is 0 Å². The predicted octanol–water partition coefficient (Wildman–Crippen LogP) is 3.07. The molecule has 0 aromatic carbocycles. The van der Waals surface area contributed by atoms with Crippen LogP contribution in [0.25, 0.3) is 22.1 Å². The van der Waals surface area contributed by atoms with Gasteiger partial charge in [-0.3, -0.25) is 4.90 Å². The van der Waals surface area contributed by atoms with Gasteiger partial charge in [0.05, 0.1) is 11.7 Å². The van der Waals surface area contributed by atoms with Crippen LogP contribution in [0, 0.1) is 11.3 Å². The van der Waals surface area contributed by atoms with E-state index in [1.807, 2.05) is 24.4 Å². The molecule has 1 unspecified atom stereocenters. The first-order chi connectivity index (χ1) is 14.6. The molecule has 5 rings (SSSR count). The van der Waals surface area contributed by atoms with Gasteiger partial charge in [-0.15, -0.1) is 0 Å². The number of rotatable bonds is 4. The maximum absolute atomic E-state index is 10.4. The normalized spacial score (nSPS) is 16.8. The van der Waals surface area contributed by atoms with Gasteiger partial charge in [-0.2, -0.15) is 5.26 Å². The molecule has 0 aliphatic carbocycles. The Kier molecular flexibility index (Phi) is 4.69. The van der Waals surface area contributed by atoms with E-state index in [1.54, 1.807) is 19.3 Å². The van der Waals surface area contributed by atoms with Crippen LogP contribution >= 0.6 is 0 Å². The fraction of sp³-hybridized carbons (Fsp3) is 0.364. The Labute approximate surface area is 173 Å². The fourth-order valence-electron chi connectivity index (χ4n) is 4.50. The van der Waals surface area contributed by atoms with Crippen LogP contribution < -0.4 is 0 Å². The van der Waals surface area contributed by atoms with E-state index in [1.165, 1.54) is 0 Å². The van der Waals surface area contributed by atoms with Gasteiger partial charge in [0, 0.05) is 43.5 Å². The number of nitriles is 1. The van der Waals surface area contributed by atoms with Crippen molar-refractivity contribution in [3.63, 3.8) is 0 Å². The topological polar surface area (TPSA) is 107 Å². The SMILES string of the molecule is CC(O)c1nc2cnc3[nH]ccc3c2n1C1CCN(Cc2ccnc(C#N)c2)CC1. The minimum Gasteiger partial charge on any atom is -0.385 e. The van der Waals surface area contributed by atoms with Crippen molar-refractivity contribution < 1.29 is 5.11 Å². The third kappa shape index (κ3) is 3.22. The molecule has 1 aliphatic rings. The molecule has 2 N–H and O–H groups in total. The molecule has 152 valence electrons. The molecule has 4 aromatic heterocycles. The highest BCUT2D eigenvalue weighted by Gasteiger charge is 2.27. The van der Waals surface area contributed by atoms with Gasteiger partial charge in [-0.05, 0) is 43.5 Å². The standard InChI is InChI=1S/C22H23N7O/c1-14(30)22-27-19-12-26-21-18(3-7-25-21)20(19)29(22)17-4-8-28(9-5-17)13-15-2-6-24-16(10-15)11-23/h2-3,6-7,10,12,14,17,30H,4-5,8-9,13H2,1H3,(H,25,26). The van der Waals surface area contributed by atoms with Crippen LogP contribution in [0.1, 0.15) is 49.0 Å². The molecule has 0 spiro atoms. The van der Waals surface area contributed by atoms with Gasteiger partial charge in [-0.1, -0.05) is 0 Å². The van der Waals surface area contributed by atoms with Crippen LogP contribution in [0.5, 0.6) is 0 Å². The average Bonchev–Trinajstić information content (AvgIpc) is 3.38. The molecule has 1 aliphatic heterocycles. The predicted molar refractivity (Wildman–Crippen MR) is 113 cm³/mol. The highest BCUT2D eigenvalue weighted by atomic mass is 16.3. The summed E-state index contributed by atoms with van der Waals surface area (Å²) in [7, 11) is 0. The number of nitrogens with zero attached hydrogens (tertiary/aromatic N) is 6. The number of aliphatic hydroxyl groups excluding tert-OH is 1. The number of hydrogen-bond donors (Lipinski definition) is 2. The number of H-pyrrole nitrogens is 1. The molecular weight excluding hydrogens is 378 g/mol. The van der Waals surface area contributed by atoms with Crippen molar-refractivity contribution in [2.24, 2.45) is 0 Å². The monoisotopic (exact) mass is 401 g/mol. The molecule has 4 aromatic rings. The van der Waals surface area contributed by atoms with Crippen LogP contribution in [0.4, 0.5) is 0 Å². The highest BCUT2D eigenvalue weighted by Crippen LogP contribution is 2.34. The van der Waals surface area contributed by atoms with Gasteiger partial charge in [0.15, 0.2) is 0 Å². The molecule has 8 nitrogen and oxygen atoms in total. The largest absolute Gasteiger partial charge is 0.385 e. The van der Waals surface area contributed by atoms with Crippen molar-refractivity contribution in [3.8, 4) is 6.07 Å². The number of pyridine rings is 2. The van der Waals surface area contributed by atoms with Gasteiger partial charge in [-0.25, -0.2) is 15.0 Å². The summed E-state index contributed by atoms with van der Waals surface area (Å²) in [5, 5.41) is 20.5. The Hall–Kier alpha value is -3.28. The maximum atomic E-state index is 10.4. The Morgan fingerprint density at radius 2 is 2.13 bits per heavy atom. The van der Waals surface area contributed by atoms with E-state index in [9.17, 15) is 5.11 Å². The molecule has 1 atom stereocenters. The van der Waals surface area contributed by atoms with Crippen molar-refractivity contribution >= 4 is 22.1 Å². The van der Waals surface area contributed by atoms with Gasteiger partial charge >= 0.3 is 0 Å². The summed E-state index contributed by atoms with van der Waals surface area (Å²) >= 11 is 0. The zero-order valence-corrected chi connectivity index (χ0v) is 16.8. The first-order valence-corrected chi connectivity index (χ1v) is 10.2. The van der Waals surface area contributed by atoms with Crippen molar-refractivity contribution in [3.05, 3.63) is 53.9 Å². The average molecular weight is 401 g/mol. The number of aromatic nitrogens is 5. The van der Waals surface area contributed by atoms with Crippen LogP contribution in [0.15, 0.2) is 36.8 Å². The number of piperidine rings is 1. The second kappa shape index (κ2) is 7.52. The zero-order chi connectivity index (χ0) is 20.7. The summed E-state index contributed by atoms with van der Waals surface area (Å²) in [4.78, 5) is 18.8. The summed E-state index contributed by atoms with van der Waals surface area (Å²) in [6, 6.07) is 8.23. The molecule has 0 saturated carbocycles. The second-order valence-corrected chi connectivity index (χ2v) is 7.92. The van der Waals surface area contributed by atoms with E-state index in [0.29, 0.717) is 11.5 Å². The lowest BCUT2D eigenvalue weighted by molar-refractivity contribution is 0.157. The van der Waals surface area contributed by atoms with Gasteiger partial charge < -0.3 is 14.7 Å². The first kappa shape index (κ1) is 18.7. The van der Waals surface area contributed by atoms with E-state index >= 15 is 0 Å². The number of nitrogens with one attached hydrogen (secondary N) is 1. The van der Waals surface area contributed by atoms with Crippen LogP contribution in [0.3, 0.4) is 0 Å². The molecular formula is C22H23N7O. The molecule has 8 heteroatoms. The molecule has 0 radical (unpaired) electrons. The van der Waals surface area contributed by atoms with Crippen molar-refractivity contribution in [2.45, 2.75) is 38.5 Å². The number of aliphatic hydroxyl groups is 1. The van der Waals surface area contributed by atoms with E-state index in [0.717, 1.165) is 60.1 Å². The summed E-state index contributed by atoms with van der Waals surface area (Å²) < 4.78 is 2.23. The van der Waals surface area contributed by atoms with Crippen LogP contribution in [-0.4, -0.2) is 47.6 Å². The zero-order valence-electron chi connectivity index (χ0n) is 16.8. The smallest absolute Gasteiger partial charge is 0.140 e. The summed E-state index contributed by atoms with van der Waals surface area (Å²) in [6.45, 7) is 4.46. The molecule has 5 heterocycles. The first-order valence-electron chi connectivity index (χ1n) is 10.2. The van der Waals surface area contributed by atoms with Crippen molar-refractivity contribution in [1.82, 2.24) is 29.4 Å². The molecule has 30 heavy (non-hydrogen) atoms. The van der Waals surface area contributed by atoms with E-state index in [4.69, 9.17) is 10.2 Å².